The number of para-hydroxylation sites is 2. The van der Waals surface area contributed by atoms with Crippen LogP contribution in [0.4, 0.5) is 0 Å². The van der Waals surface area contributed by atoms with Crippen LogP contribution in [-0.4, -0.2) is 15.0 Å². The van der Waals surface area contributed by atoms with Gasteiger partial charge in [0.25, 0.3) is 0 Å². The van der Waals surface area contributed by atoms with Crippen LogP contribution < -0.4 is 0 Å². The Kier molecular flexibility index (Phi) is 2.79. The van der Waals surface area contributed by atoms with E-state index < -0.39 is 0 Å². The Hall–Kier alpha value is -2.52. The first-order chi connectivity index (χ1) is 10.3. The Morgan fingerprint density at radius 3 is 2.43 bits per heavy atom. The fraction of sp³-hybridized carbons (Fsp3) is 0. The van der Waals surface area contributed by atoms with Gasteiger partial charge in [-0.1, -0.05) is 41.9 Å². The number of hydrogen-bond donors (Lipinski definition) is 0. The smallest absolute Gasteiger partial charge is 0.156 e. The van der Waals surface area contributed by atoms with E-state index in [0.29, 0.717) is 10.8 Å². The Bertz CT molecular complexity index is 966. The van der Waals surface area contributed by atoms with Crippen molar-refractivity contribution in [1.29, 1.82) is 0 Å². The fourth-order valence-electron chi connectivity index (χ4n) is 2.38. The number of benzene rings is 2. The molecule has 0 aliphatic heterocycles. The highest BCUT2D eigenvalue weighted by molar-refractivity contribution is 6.32. The zero-order chi connectivity index (χ0) is 14.2. The van der Waals surface area contributed by atoms with Crippen molar-refractivity contribution in [3.8, 4) is 11.3 Å². The summed E-state index contributed by atoms with van der Waals surface area (Å²) in [5.41, 5.74) is 4.15. The first-order valence-electron chi connectivity index (χ1n) is 6.59. The number of hydrogen-bond acceptors (Lipinski definition) is 3. The Balaban J connectivity index is 1.96. The van der Waals surface area contributed by atoms with E-state index in [-0.39, 0.29) is 0 Å². The van der Waals surface area contributed by atoms with Crippen molar-refractivity contribution < 1.29 is 0 Å². The molecule has 3 nitrogen and oxygen atoms in total. The van der Waals surface area contributed by atoms with Crippen LogP contribution in [-0.2, 0) is 0 Å². The average Bonchev–Trinajstić information content (AvgIpc) is 2.54. The van der Waals surface area contributed by atoms with Crippen molar-refractivity contribution in [3.63, 3.8) is 0 Å². The molecule has 100 valence electrons. The minimum atomic E-state index is 0.406. The van der Waals surface area contributed by atoms with Gasteiger partial charge in [0.15, 0.2) is 5.15 Å². The molecular formula is C17H10ClN3. The lowest BCUT2D eigenvalue weighted by molar-refractivity contribution is 1.29. The van der Waals surface area contributed by atoms with Gasteiger partial charge in [-0.05, 0) is 24.3 Å². The first kappa shape index (κ1) is 12.2. The molecule has 0 fully saturated rings. The summed E-state index contributed by atoms with van der Waals surface area (Å²) in [6.07, 6.45) is 1.78. The molecule has 21 heavy (non-hydrogen) atoms. The third-order valence-corrected chi connectivity index (χ3v) is 3.67. The van der Waals surface area contributed by atoms with Crippen LogP contribution in [0.2, 0.25) is 5.15 Å². The number of pyridine rings is 1. The van der Waals surface area contributed by atoms with E-state index in [2.05, 4.69) is 15.0 Å². The molecule has 0 amide bonds. The maximum atomic E-state index is 6.29. The van der Waals surface area contributed by atoms with Gasteiger partial charge in [-0.3, -0.25) is 4.98 Å². The van der Waals surface area contributed by atoms with Gasteiger partial charge in [-0.25, -0.2) is 9.97 Å². The van der Waals surface area contributed by atoms with E-state index in [1.165, 1.54) is 0 Å². The van der Waals surface area contributed by atoms with Crippen molar-refractivity contribution >= 4 is 33.5 Å². The quantitative estimate of drug-likeness (QED) is 0.518. The summed E-state index contributed by atoms with van der Waals surface area (Å²) >= 11 is 6.29. The lowest BCUT2D eigenvalue weighted by Crippen LogP contribution is -1.91. The summed E-state index contributed by atoms with van der Waals surface area (Å²) in [5.74, 6) is 0. The summed E-state index contributed by atoms with van der Waals surface area (Å²) in [6.45, 7) is 0. The molecular weight excluding hydrogens is 282 g/mol. The molecule has 0 unspecified atom stereocenters. The molecule has 0 bridgehead atoms. The van der Waals surface area contributed by atoms with E-state index in [9.17, 15) is 0 Å². The summed E-state index contributed by atoms with van der Waals surface area (Å²) in [6, 6.07) is 17.6. The van der Waals surface area contributed by atoms with Crippen molar-refractivity contribution in [2.75, 3.05) is 0 Å². The van der Waals surface area contributed by atoms with Gasteiger partial charge in [0.05, 0.1) is 16.6 Å². The van der Waals surface area contributed by atoms with Crippen LogP contribution in [0.3, 0.4) is 0 Å². The highest BCUT2D eigenvalue weighted by Gasteiger charge is 2.09. The van der Waals surface area contributed by atoms with Crippen molar-refractivity contribution in [2.24, 2.45) is 0 Å². The normalized spacial score (nSPS) is 11.1. The third kappa shape index (κ3) is 2.12. The number of rotatable bonds is 1. The minimum Gasteiger partial charge on any atom is -0.256 e. The topological polar surface area (TPSA) is 38.7 Å². The van der Waals surface area contributed by atoms with E-state index in [1.54, 1.807) is 6.20 Å². The fourth-order valence-corrected chi connectivity index (χ4v) is 2.62. The van der Waals surface area contributed by atoms with Crippen LogP contribution in [0.1, 0.15) is 0 Å². The monoisotopic (exact) mass is 291 g/mol. The molecule has 0 radical (unpaired) electrons. The molecule has 4 heteroatoms. The highest BCUT2D eigenvalue weighted by atomic mass is 35.5. The van der Waals surface area contributed by atoms with Crippen LogP contribution in [0.15, 0.2) is 60.8 Å². The number of aromatic nitrogens is 3. The van der Waals surface area contributed by atoms with Gasteiger partial charge in [0.1, 0.15) is 5.69 Å². The van der Waals surface area contributed by atoms with Gasteiger partial charge in [-0.2, -0.15) is 0 Å². The lowest BCUT2D eigenvalue weighted by Gasteiger charge is -2.06. The summed E-state index contributed by atoms with van der Waals surface area (Å²) < 4.78 is 0. The average molecular weight is 292 g/mol. The van der Waals surface area contributed by atoms with Gasteiger partial charge >= 0.3 is 0 Å². The number of halogens is 1. The second-order valence-electron chi connectivity index (χ2n) is 4.76. The molecule has 4 aromatic rings. The van der Waals surface area contributed by atoms with Crippen molar-refractivity contribution in [1.82, 2.24) is 15.0 Å². The second kappa shape index (κ2) is 4.79. The van der Waals surface area contributed by atoms with Crippen LogP contribution in [0.5, 0.6) is 0 Å². The SMILES string of the molecule is Clc1nc2ccccc2nc1-c1ccc2cccnc2c1. The minimum absolute atomic E-state index is 0.406. The summed E-state index contributed by atoms with van der Waals surface area (Å²) in [7, 11) is 0. The van der Waals surface area contributed by atoms with Crippen LogP contribution in [0.25, 0.3) is 33.2 Å². The van der Waals surface area contributed by atoms with Crippen LogP contribution >= 0.6 is 11.6 Å². The molecule has 0 spiro atoms. The molecule has 0 saturated carbocycles. The Morgan fingerprint density at radius 1 is 0.762 bits per heavy atom. The van der Waals surface area contributed by atoms with Crippen molar-refractivity contribution in [2.45, 2.75) is 0 Å². The molecule has 2 aromatic carbocycles. The Morgan fingerprint density at radius 2 is 1.57 bits per heavy atom. The highest BCUT2D eigenvalue weighted by Crippen LogP contribution is 2.28. The molecule has 2 aromatic heterocycles. The largest absolute Gasteiger partial charge is 0.256 e. The maximum Gasteiger partial charge on any atom is 0.156 e. The molecule has 0 N–H and O–H groups in total. The van der Waals surface area contributed by atoms with Gasteiger partial charge < -0.3 is 0 Å². The second-order valence-corrected chi connectivity index (χ2v) is 5.12. The lowest BCUT2D eigenvalue weighted by atomic mass is 10.1. The maximum absolute atomic E-state index is 6.29. The number of nitrogens with zero attached hydrogens (tertiary/aromatic N) is 3. The predicted octanol–water partition coefficient (Wildman–Crippen LogP) is 4.50. The molecule has 0 aliphatic carbocycles. The van der Waals surface area contributed by atoms with Crippen molar-refractivity contribution in [3.05, 3.63) is 65.9 Å². The van der Waals surface area contributed by atoms with E-state index >= 15 is 0 Å². The van der Waals surface area contributed by atoms with Gasteiger partial charge in [0.2, 0.25) is 0 Å². The van der Waals surface area contributed by atoms with E-state index in [1.807, 2.05) is 54.6 Å². The van der Waals surface area contributed by atoms with E-state index in [4.69, 9.17) is 11.6 Å². The third-order valence-electron chi connectivity index (χ3n) is 3.41. The van der Waals surface area contributed by atoms with Gasteiger partial charge in [-0.15, -0.1) is 0 Å². The molecule has 0 atom stereocenters. The Labute approximate surface area is 126 Å². The zero-order valence-electron chi connectivity index (χ0n) is 11.0. The molecule has 2 heterocycles. The molecule has 4 rings (SSSR count). The predicted molar refractivity (Wildman–Crippen MR) is 85.3 cm³/mol. The summed E-state index contributed by atoms with van der Waals surface area (Å²) in [4.78, 5) is 13.4. The van der Waals surface area contributed by atoms with Crippen LogP contribution in [0, 0.1) is 0 Å². The first-order valence-corrected chi connectivity index (χ1v) is 6.96. The molecule has 0 saturated heterocycles. The van der Waals surface area contributed by atoms with Gasteiger partial charge in [0, 0.05) is 17.1 Å². The number of fused-ring (bicyclic) bond motifs is 2. The van der Waals surface area contributed by atoms with E-state index in [0.717, 1.165) is 27.5 Å². The molecule has 0 aliphatic rings. The standard InChI is InChI=1S/C17H10ClN3/c18-17-16(20-13-5-1-2-6-14(13)21-17)12-8-7-11-4-3-9-19-15(11)10-12/h1-10H. The zero-order valence-corrected chi connectivity index (χ0v) is 11.7. The summed E-state index contributed by atoms with van der Waals surface area (Å²) in [5, 5.41) is 1.50.